The summed E-state index contributed by atoms with van der Waals surface area (Å²) in [6.07, 6.45) is 9.59. The number of aromatic nitrogens is 4. The lowest BCUT2D eigenvalue weighted by atomic mass is 10.1. The zero-order valence-electron chi connectivity index (χ0n) is 12.2. The van der Waals surface area contributed by atoms with Gasteiger partial charge in [-0.1, -0.05) is 19.1 Å². The second-order valence-corrected chi connectivity index (χ2v) is 4.43. The minimum atomic E-state index is 0.484. The first-order valence-corrected chi connectivity index (χ1v) is 6.70. The fourth-order valence-corrected chi connectivity index (χ4v) is 1.56. The van der Waals surface area contributed by atoms with Crippen molar-refractivity contribution in [2.75, 3.05) is 0 Å². The number of rotatable bonds is 5. The molecule has 2 heterocycles. The van der Waals surface area contributed by atoms with Crippen LogP contribution in [0.1, 0.15) is 31.9 Å². The SMILES string of the molecule is C=C(N=C(/C=C(\C)CC)c1ncccn1)c1ncccn1. The fraction of sp³-hybridized carbons (Fsp3) is 0.188. The Morgan fingerprint density at radius 2 is 1.57 bits per heavy atom. The van der Waals surface area contributed by atoms with Crippen LogP contribution >= 0.6 is 0 Å². The molecule has 0 aliphatic rings. The van der Waals surface area contributed by atoms with E-state index in [2.05, 4.69) is 38.4 Å². The molecule has 106 valence electrons. The Morgan fingerprint density at radius 1 is 1.05 bits per heavy atom. The normalized spacial score (nSPS) is 12.3. The molecule has 0 N–H and O–H groups in total. The van der Waals surface area contributed by atoms with Crippen LogP contribution in [-0.4, -0.2) is 25.6 Å². The van der Waals surface area contributed by atoms with Gasteiger partial charge in [-0.2, -0.15) is 0 Å². The van der Waals surface area contributed by atoms with Crippen molar-refractivity contribution in [3.05, 3.63) is 66.8 Å². The summed E-state index contributed by atoms with van der Waals surface area (Å²) < 4.78 is 0. The predicted molar refractivity (Wildman–Crippen MR) is 83.7 cm³/mol. The van der Waals surface area contributed by atoms with Gasteiger partial charge in [0.2, 0.25) is 0 Å². The zero-order valence-corrected chi connectivity index (χ0v) is 12.2. The lowest BCUT2D eigenvalue weighted by Crippen LogP contribution is -2.05. The number of nitrogens with zero attached hydrogens (tertiary/aromatic N) is 5. The average Bonchev–Trinajstić information content (AvgIpc) is 2.55. The standard InChI is InChI=1S/C16H17N5/c1-4-12(2)11-14(16-19-9-6-10-20-16)21-13(3)15-17-7-5-8-18-15/h5-11H,3-4H2,1-2H3/b12-11+,21-14?. The monoisotopic (exact) mass is 279 g/mol. The van der Waals surface area contributed by atoms with Crippen LogP contribution in [-0.2, 0) is 0 Å². The van der Waals surface area contributed by atoms with E-state index in [1.807, 2.05) is 13.0 Å². The zero-order chi connectivity index (χ0) is 15.1. The molecule has 0 unspecified atom stereocenters. The number of hydrogen-bond donors (Lipinski definition) is 0. The molecule has 0 bridgehead atoms. The first kappa shape index (κ1) is 14.7. The third kappa shape index (κ3) is 4.14. The van der Waals surface area contributed by atoms with Crippen LogP contribution in [0.15, 0.2) is 60.1 Å². The van der Waals surface area contributed by atoms with Crippen molar-refractivity contribution in [2.24, 2.45) is 4.99 Å². The summed E-state index contributed by atoms with van der Waals surface area (Å²) in [5.74, 6) is 1.05. The van der Waals surface area contributed by atoms with E-state index in [9.17, 15) is 0 Å². The van der Waals surface area contributed by atoms with Gasteiger partial charge in [0.05, 0.1) is 0 Å². The molecule has 0 radical (unpaired) electrons. The lowest BCUT2D eigenvalue weighted by Gasteiger charge is -2.04. The molecule has 0 amide bonds. The lowest BCUT2D eigenvalue weighted by molar-refractivity contribution is 1.09. The Labute approximate surface area is 124 Å². The fourth-order valence-electron chi connectivity index (χ4n) is 1.56. The van der Waals surface area contributed by atoms with Crippen LogP contribution in [0.2, 0.25) is 0 Å². The summed E-state index contributed by atoms with van der Waals surface area (Å²) in [6.45, 7) is 8.06. The highest BCUT2D eigenvalue weighted by Gasteiger charge is 2.07. The number of allylic oxidation sites excluding steroid dienone is 2. The van der Waals surface area contributed by atoms with Gasteiger partial charge in [-0.05, 0) is 31.6 Å². The van der Waals surface area contributed by atoms with Crippen molar-refractivity contribution < 1.29 is 0 Å². The highest BCUT2D eigenvalue weighted by Crippen LogP contribution is 2.11. The molecule has 2 aromatic heterocycles. The Hall–Kier alpha value is -2.69. The first-order chi connectivity index (χ1) is 10.2. The quantitative estimate of drug-likeness (QED) is 0.789. The maximum atomic E-state index is 4.50. The molecule has 0 saturated heterocycles. The number of hydrogen-bond acceptors (Lipinski definition) is 5. The molecule has 2 rings (SSSR count). The summed E-state index contributed by atoms with van der Waals surface area (Å²) in [4.78, 5) is 21.3. The van der Waals surface area contributed by atoms with E-state index in [1.165, 1.54) is 5.57 Å². The second kappa shape index (κ2) is 7.19. The summed E-state index contributed by atoms with van der Waals surface area (Å²) in [7, 11) is 0. The van der Waals surface area contributed by atoms with E-state index in [-0.39, 0.29) is 0 Å². The van der Waals surface area contributed by atoms with Gasteiger partial charge in [0, 0.05) is 24.8 Å². The Kier molecular flexibility index (Phi) is 5.04. The van der Waals surface area contributed by atoms with Crippen LogP contribution in [0.5, 0.6) is 0 Å². The van der Waals surface area contributed by atoms with E-state index in [0.717, 1.165) is 6.42 Å². The summed E-state index contributed by atoms with van der Waals surface area (Å²) >= 11 is 0. The molecule has 5 nitrogen and oxygen atoms in total. The average molecular weight is 279 g/mol. The molecule has 21 heavy (non-hydrogen) atoms. The molecular formula is C16H17N5. The topological polar surface area (TPSA) is 63.9 Å². The molecule has 0 atom stereocenters. The minimum Gasteiger partial charge on any atom is -0.242 e. The van der Waals surface area contributed by atoms with Crippen molar-refractivity contribution >= 4 is 11.4 Å². The summed E-state index contributed by atoms with van der Waals surface area (Å²) in [6, 6.07) is 3.52. The highest BCUT2D eigenvalue weighted by molar-refractivity contribution is 6.08. The van der Waals surface area contributed by atoms with Gasteiger partial charge in [-0.15, -0.1) is 0 Å². The van der Waals surface area contributed by atoms with Gasteiger partial charge in [-0.25, -0.2) is 24.9 Å². The molecule has 0 aliphatic heterocycles. The molecule has 2 aromatic rings. The molecule has 0 saturated carbocycles. The van der Waals surface area contributed by atoms with Crippen LogP contribution in [0.4, 0.5) is 0 Å². The van der Waals surface area contributed by atoms with Crippen LogP contribution in [0.3, 0.4) is 0 Å². The van der Waals surface area contributed by atoms with Gasteiger partial charge in [-0.3, -0.25) is 0 Å². The Balaban J connectivity index is 2.40. The molecular weight excluding hydrogens is 262 g/mol. The first-order valence-electron chi connectivity index (χ1n) is 6.70. The molecule has 5 heteroatoms. The van der Waals surface area contributed by atoms with Crippen LogP contribution < -0.4 is 0 Å². The highest BCUT2D eigenvalue weighted by atomic mass is 15.0. The van der Waals surface area contributed by atoms with Gasteiger partial charge in [0.15, 0.2) is 11.6 Å². The maximum Gasteiger partial charge on any atom is 0.178 e. The minimum absolute atomic E-state index is 0.484. The van der Waals surface area contributed by atoms with Gasteiger partial charge in [0.25, 0.3) is 0 Å². The Morgan fingerprint density at radius 3 is 2.10 bits per heavy atom. The van der Waals surface area contributed by atoms with Crippen molar-refractivity contribution in [3.8, 4) is 0 Å². The third-order valence-electron chi connectivity index (χ3n) is 2.81. The molecule has 0 aromatic carbocycles. The van der Waals surface area contributed by atoms with Crippen LogP contribution in [0.25, 0.3) is 5.70 Å². The van der Waals surface area contributed by atoms with E-state index < -0.39 is 0 Å². The van der Waals surface area contributed by atoms with E-state index >= 15 is 0 Å². The maximum absolute atomic E-state index is 4.50. The van der Waals surface area contributed by atoms with Crippen molar-refractivity contribution in [3.63, 3.8) is 0 Å². The third-order valence-corrected chi connectivity index (χ3v) is 2.81. The largest absolute Gasteiger partial charge is 0.242 e. The molecule has 0 spiro atoms. The molecule has 0 aliphatic carbocycles. The van der Waals surface area contributed by atoms with Crippen LogP contribution in [0, 0.1) is 0 Å². The van der Waals surface area contributed by atoms with E-state index in [0.29, 0.717) is 23.1 Å². The number of aliphatic imine (C=N–C) groups is 1. The summed E-state index contributed by atoms with van der Waals surface area (Å²) in [5.41, 5.74) is 2.33. The van der Waals surface area contributed by atoms with Gasteiger partial charge >= 0.3 is 0 Å². The van der Waals surface area contributed by atoms with Crippen molar-refractivity contribution in [1.29, 1.82) is 0 Å². The van der Waals surface area contributed by atoms with E-state index in [1.54, 1.807) is 36.9 Å². The van der Waals surface area contributed by atoms with Gasteiger partial charge in [0.1, 0.15) is 11.4 Å². The predicted octanol–water partition coefficient (Wildman–Crippen LogP) is 3.08. The van der Waals surface area contributed by atoms with Crippen molar-refractivity contribution in [1.82, 2.24) is 19.9 Å². The van der Waals surface area contributed by atoms with Crippen molar-refractivity contribution in [2.45, 2.75) is 20.3 Å². The van der Waals surface area contributed by atoms with E-state index in [4.69, 9.17) is 0 Å². The molecule has 0 fully saturated rings. The van der Waals surface area contributed by atoms with Gasteiger partial charge < -0.3 is 0 Å². The summed E-state index contributed by atoms with van der Waals surface area (Å²) in [5, 5.41) is 0. The second-order valence-electron chi connectivity index (χ2n) is 4.43. The smallest absolute Gasteiger partial charge is 0.178 e. The Bertz CT molecular complexity index is 660.